The first-order valence-electron chi connectivity index (χ1n) is 7.11. The number of hydrogen-bond acceptors (Lipinski definition) is 2. The highest BCUT2D eigenvalue weighted by Gasteiger charge is 2.14. The van der Waals surface area contributed by atoms with Crippen molar-refractivity contribution < 1.29 is 0 Å². The molecule has 0 aliphatic carbocycles. The predicted molar refractivity (Wildman–Crippen MR) is 86.0 cm³/mol. The van der Waals surface area contributed by atoms with Gasteiger partial charge in [0, 0.05) is 12.0 Å². The van der Waals surface area contributed by atoms with Crippen molar-refractivity contribution >= 4 is 5.69 Å². The van der Waals surface area contributed by atoms with Crippen molar-refractivity contribution in [2.45, 2.75) is 19.3 Å². The molecule has 0 aliphatic rings. The molecule has 0 aromatic heterocycles. The summed E-state index contributed by atoms with van der Waals surface area (Å²) in [4.78, 5) is 0. The van der Waals surface area contributed by atoms with Crippen LogP contribution in [0.3, 0.4) is 0 Å². The van der Waals surface area contributed by atoms with Crippen molar-refractivity contribution in [3.63, 3.8) is 0 Å². The maximum Gasteiger partial charge on any atom is 0.310 e. The first kappa shape index (κ1) is 14.6. The Labute approximate surface area is 125 Å². The minimum absolute atomic E-state index is 0.688. The summed E-state index contributed by atoms with van der Waals surface area (Å²) in [5.74, 6) is 6.31. The first-order chi connectivity index (χ1) is 10.4. The predicted octanol–water partition coefficient (Wildman–Crippen LogP) is 4.48. The summed E-state index contributed by atoms with van der Waals surface area (Å²) < 4.78 is 0. The molecule has 0 unspecified atom stereocenters. The van der Waals surface area contributed by atoms with Gasteiger partial charge in [0.2, 0.25) is 0 Å². The van der Waals surface area contributed by atoms with Crippen LogP contribution in [0.2, 0.25) is 0 Å². The Kier molecular flexibility index (Phi) is 5.85. The second-order valence-corrected chi connectivity index (χ2v) is 4.67. The third-order valence-corrected chi connectivity index (χ3v) is 3.09. The van der Waals surface area contributed by atoms with Gasteiger partial charge in [-0.2, -0.15) is 0 Å². The van der Waals surface area contributed by atoms with E-state index >= 15 is 0 Å². The summed E-state index contributed by atoms with van der Waals surface area (Å²) in [7, 11) is 0. The quantitative estimate of drug-likeness (QED) is 0.349. The summed E-state index contributed by atoms with van der Waals surface area (Å²) in [6, 6.07) is 19.6. The molecule has 0 spiro atoms. The van der Waals surface area contributed by atoms with Crippen molar-refractivity contribution in [2.24, 2.45) is 0 Å². The molecule has 0 saturated carbocycles. The Morgan fingerprint density at radius 3 is 2.24 bits per heavy atom. The minimum atomic E-state index is 0.688. The summed E-state index contributed by atoms with van der Waals surface area (Å²) in [6.45, 7) is 0.688. The standard InChI is InChI=1S/C18H18N3/c19-20-21(18-14-8-4-9-15-18)16-10-2-1-5-11-17-12-6-3-7-13-17/h3-4,6-9,12-15H,1-2,10,16H2/q+1. The van der Waals surface area contributed by atoms with Crippen LogP contribution in [0.25, 0.3) is 5.08 Å². The zero-order valence-electron chi connectivity index (χ0n) is 11.9. The number of benzene rings is 2. The smallest absolute Gasteiger partial charge is 0.0979 e. The lowest BCUT2D eigenvalue weighted by Crippen LogP contribution is -2.14. The van der Waals surface area contributed by atoms with Gasteiger partial charge in [0.25, 0.3) is 5.39 Å². The number of nitrogens with zero attached hydrogens (tertiary/aromatic N) is 3. The molecule has 0 aliphatic heterocycles. The van der Waals surface area contributed by atoms with E-state index in [2.05, 4.69) is 16.9 Å². The van der Waals surface area contributed by atoms with Gasteiger partial charge in [-0.15, -0.1) is 0 Å². The first-order valence-corrected chi connectivity index (χ1v) is 7.11. The van der Waals surface area contributed by atoms with Gasteiger partial charge in [-0.25, -0.2) is 0 Å². The van der Waals surface area contributed by atoms with Gasteiger partial charge in [-0.3, -0.25) is 0 Å². The van der Waals surface area contributed by atoms with Crippen molar-refractivity contribution in [3.05, 3.63) is 71.3 Å². The molecular weight excluding hydrogens is 258 g/mol. The maximum atomic E-state index is 9.05. The third kappa shape index (κ3) is 5.01. The zero-order valence-corrected chi connectivity index (χ0v) is 11.9. The molecule has 0 heterocycles. The molecule has 0 N–H and O–H groups in total. The van der Waals surface area contributed by atoms with Crippen LogP contribution in [0.15, 0.2) is 60.7 Å². The fraction of sp³-hybridized carbons (Fsp3) is 0.222. The van der Waals surface area contributed by atoms with Gasteiger partial charge in [-0.05, 0) is 42.1 Å². The van der Waals surface area contributed by atoms with Crippen LogP contribution < -0.4 is 5.01 Å². The van der Waals surface area contributed by atoms with E-state index in [1.807, 2.05) is 60.7 Å². The van der Waals surface area contributed by atoms with E-state index < -0.39 is 0 Å². The Hall–Kier alpha value is -2.78. The molecule has 0 amide bonds. The molecule has 3 nitrogen and oxygen atoms in total. The van der Waals surface area contributed by atoms with E-state index in [1.165, 1.54) is 0 Å². The lowest BCUT2D eigenvalue weighted by molar-refractivity contribution is 0.744. The van der Waals surface area contributed by atoms with Crippen LogP contribution in [-0.2, 0) is 0 Å². The molecule has 3 heteroatoms. The SMILES string of the molecule is N#[N+]N(CCCCC#Cc1ccccc1)c1ccccc1. The Morgan fingerprint density at radius 2 is 1.57 bits per heavy atom. The fourth-order valence-corrected chi connectivity index (χ4v) is 1.99. The van der Waals surface area contributed by atoms with Crippen molar-refractivity contribution in [2.75, 3.05) is 11.6 Å². The third-order valence-electron chi connectivity index (χ3n) is 3.09. The van der Waals surface area contributed by atoms with E-state index in [-0.39, 0.29) is 0 Å². The van der Waals surface area contributed by atoms with E-state index in [0.29, 0.717) is 6.54 Å². The lowest BCUT2D eigenvalue weighted by Gasteiger charge is -2.03. The number of para-hydroxylation sites is 1. The Morgan fingerprint density at radius 1 is 0.905 bits per heavy atom. The minimum Gasteiger partial charge on any atom is -0.0979 e. The van der Waals surface area contributed by atoms with Gasteiger partial charge in [0.15, 0.2) is 0 Å². The Bertz CT molecular complexity index is 633. The molecule has 0 radical (unpaired) electrons. The van der Waals surface area contributed by atoms with Gasteiger partial charge in [-0.1, -0.05) is 48.2 Å². The average molecular weight is 276 g/mol. The number of anilines is 1. The van der Waals surface area contributed by atoms with Crippen molar-refractivity contribution in [3.8, 4) is 11.8 Å². The van der Waals surface area contributed by atoms with Gasteiger partial charge >= 0.3 is 5.08 Å². The lowest BCUT2D eigenvalue weighted by atomic mass is 10.2. The van der Waals surface area contributed by atoms with Crippen LogP contribution in [0.4, 0.5) is 5.69 Å². The molecule has 0 atom stereocenters. The molecule has 0 saturated heterocycles. The number of diazo groups is 1. The van der Waals surface area contributed by atoms with Crippen LogP contribution in [0.1, 0.15) is 24.8 Å². The summed E-state index contributed by atoms with van der Waals surface area (Å²) >= 11 is 0. The van der Waals surface area contributed by atoms with Gasteiger partial charge in [0.1, 0.15) is 5.69 Å². The largest absolute Gasteiger partial charge is 0.310 e. The highest BCUT2D eigenvalue weighted by molar-refractivity contribution is 5.46. The van der Waals surface area contributed by atoms with E-state index in [9.17, 15) is 0 Å². The highest BCUT2D eigenvalue weighted by Crippen LogP contribution is 2.14. The van der Waals surface area contributed by atoms with Gasteiger partial charge in [0.05, 0.1) is 6.54 Å². The van der Waals surface area contributed by atoms with Crippen LogP contribution in [-0.4, -0.2) is 6.54 Å². The number of unbranched alkanes of at least 4 members (excludes halogenated alkanes) is 2. The monoisotopic (exact) mass is 276 g/mol. The maximum absolute atomic E-state index is 9.05. The fourth-order valence-electron chi connectivity index (χ4n) is 1.99. The Balaban J connectivity index is 1.72. The molecule has 0 bridgehead atoms. The topological polar surface area (TPSA) is 31.4 Å². The van der Waals surface area contributed by atoms with Crippen LogP contribution in [0.5, 0.6) is 0 Å². The molecular formula is C18H18N3+. The van der Waals surface area contributed by atoms with E-state index in [0.717, 1.165) is 30.5 Å². The molecule has 21 heavy (non-hydrogen) atoms. The second-order valence-electron chi connectivity index (χ2n) is 4.67. The summed E-state index contributed by atoms with van der Waals surface area (Å²) in [6.07, 6.45) is 2.77. The van der Waals surface area contributed by atoms with Crippen molar-refractivity contribution in [1.82, 2.24) is 0 Å². The number of rotatable bonds is 5. The van der Waals surface area contributed by atoms with Crippen LogP contribution >= 0.6 is 0 Å². The second kappa shape index (κ2) is 8.40. The van der Waals surface area contributed by atoms with Crippen LogP contribution in [0, 0.1) is 17.2 Å². The van der Waals surface area contributed by atoms with E-state index in [1.54, 1.807) is 5.01 Å². The number of hydrogen-bond donors (Lipinski definition) is 0. The zero-order chi connectivity index (χ0) is 14.8. The molecule has 2 aromatic rings. The van der Waals surface area contributed by atoms with E-state index in [4.69, 9.17) is 5.39 Å². The highest BCUT2D eigenvalue weighted by atomic mass is 15.5. The van der Waals surface area contributed by atoms with Crippen molar-refractivity contribution in [1.29, 1.82) is 5.39 Å². The molecule has 2 aromatic carbocycles. The summed E-state index contributed by atoms with van der Waals surface area (Å²) in [5.41, 5.74) is 1.95. The molecule has 0 fully saturated rings. The van der Waals surface area contributed by atoms with Gasteiger partial charge < -0.3 is 0 Å². The average Bonchev–Trinajstić information content (AvgIpc) is 2.56. The normalized spacial score (nSPS) is 9.29. The molecule has 104 valence electrons. The molecule has 2 rings (SSSR count). The summed E-state index contributed by atoms with van der Waals surface area (Å²) in [5, 5.41) is 14.0.